The van der Waals surface area contributed by atoms with Crippen molar-refractivity contribution in [2.75, 3.05) is 13.7 Å². The highest BCUT2D eigenvalue weighted by molar-refractivity contribution is 7.09. The summed E-state index contributed by atoms with van der Waals surface area (Å²) in [5.41, 5.74) is 0.139. The maximum absolute atomic E-state index is 12.9. The molecule has 0 aliphatic carbocycles. The molecule has 1 fully saturated rings. The zero-order chi connectivity index (χ0) is 21.2. The first-order valence-electron chi connectivity index (χ1n) is 9.24. The third-order valence-corrected chi connectivity index (χ3v) is 5.97. The Balaban J connectivity index is 1.63. The second-order valence-electron chi connectivity index (χ2n) is 7.28. The first-order chi connectivity index (χ1) is 13.7. The molecule has 4 amide bonds. The summed E-state index contributed by atoms with van der Waals surface area (Å²) in [6.45, 7) is 5.63. The third-order valence-electron chi connectivity index (χ3n) is 4.77. The lowest BCUT2D eigenvalue weighted by atomic mass is 9.92. The minimum atomic E-state index is -1.23. The van der Waals surface area contributed by atoms with Crippen LogP contribution in [0, 0.1) is 0 Å². The van der Waals surface area contributed by atoms with Gasteiger partial charge in [0.2, 0.25) is 5.91 Å². The number of aromatic nitrogens is 1. The molecule has 0 bridgehead atoms. The van der Waals surface area contributed by atoms with Crippen LogP contribution in [-0.4, -0.2) is 41.4 Å². The van der Waals surface area contributed by atoms with Gasteiger partial charge >= 0.3 is 6.03 Å². The number of urea groups is 1. The molecule has 0 spiro atoms. The molecule has 1 aromatic heterocycles. The van der Waals surface area contributed by atoms with Crippen LogP contribution in [0.3, 0.4) is 0 Å². The topological polar surface area (TPSA) is 101 Å². The number of thiazole rings is 1. The fraction of sp³-hybridized carbons (Fsp3) is 0.400. The molecule has 2 aromatic rings. The number of carbonyl (C=O) groups excluding carboxylic acids is 3. The van der Waals surface area contributed by atoms with Gasteiger partial charge in [-0.3, -0.25) is 14.5 Å². The summed E-state index contributed by atoms with van der Waals surface area (Å²) in [7, 11) is 1.55. The van der Waals surface area contributed by atoms with E-state index in [4.69, 9.17) is 4.74 Å². The van der Waals surface area contributed by atoms with E-state index in [9.17, 15) is 14.4 Å². The van der Waals surface area contributed by atoms with E-state index in [1.165, 1.54) is 0 Å². The molecule has 1 unspecified atom stereocenters. The highest BCUT2D eigenvalue weighted by Crippen LogP contribution is 2.29. The number of nitrogens with zero attached hydrogens (tertiary/aromatic N) is 2. The van der Waals surface area contributed by atoms with Crippen molar-refractivity contribution >= 4 is 29.2 Å². The minimum absolute atomic E-state index is 0.251. The molecule has 1 aliphatic heterocycles. The summed E-state index contributed by atoms with van der Waals surface area (Å²) in [6.07, 6.45) is 0. The van der Waals surface area contributed by atoms with Crippen molar-refractivity contribution < 1.29 is 19.1 Å². The average molecular weight is 417 g/mol. The minimum Gasteiger partial charge on any atom is -0.497 e. The fourth-order valence-electron chi connectivity index (χ4n) is 3.02. The average Bonchev–Trinajstić information content (AvgIpc) is 3.26. The summed E-state index contributed by atoms with van der Waals surface area (Å²) in [5.74, 6) is 0.0733. The number of hydrogen-bond acceptors (Lipinski definition) is 6. The van der Waals surface area contributed by atoms with E-state index < -0.39 is 23.4 Å². The summed E-state index contributed by atoms with van der Waals surface area (Å²) < 4.78 is 5.12. The zero-order valence-electron chi connectivity index (χ0n) is 16.8. The molecule has 0 saturated carbocycles. The molecule has 9 heteroatoms. The monoisotopic (exact) mass is 416 g/mol. The number of carbonyl (C=O) groups is 3. The highest BCUT2D eigenvalue weighted by Gasteiger charge is 2.49. The lowest BCUT2D eigenvalue weighted by Crippen LogP contribution is -2.43. The normalized spacial score (nSPS) is 18.9. The van der Waals surface area contributed by atoms with Gasteiger partial charge in [0, 0.05) is 11.3 Å². The van der Waals surface area contributed by atoms with Gasteiger partial charge in [-0.1, -0.05) is 26.0 Å². The maximum Gasteiger partial charge on any atom is 0.325 e. The van der Waals surface area contributed by atoms with Crippen LogP contribution in [0.15, 0.2) is 29.6 Å². The number of methoxy groups -OCH3 is 1. The molecule has 8 nitrogen and oxygen atoms in total. The van der Waals surface area contributed by atoms with Gasteiger partial charge in [0.15, 0.2) is 0 Å². The first-order valence-corrected chi connectivity index (χ1v) is 10.1. The quantitative estimate of drug-likeness (QED) is 0.675. The van der Waals surface area contributed by atoms with Crippen LogP contribution in [0.2, 0.25) is 0 Å². The Morgan fingerprint density at radius 1 is 1.31 bits per heavy atom. The van der Waals surface area contributed by atoms with Gasteiger partial charge in [-0.2, -0.15) is 0 Å². The molecule has 1 aromatic carbocycles. The van der Waals surface area contributed by atoms with Crippen molar-refractivity contribution in [3.05, 3.63) is 45.9 Å². The van der Waals surface area contributed by atoms with E-state index in [2.05, 4.69) is 29.5 Å². The van der Waals surface area contributed by atoms with Gasteiger partial charge in [0.25, 0.3) is 5.91 Å². The van der Waals surface area contributed by atoms with E-state index in [0.717, 1.165) is 15.6 Å². The fourth-order valence-corrected chi connectivity index (χ4v) is 3.85. The molecule has 1 atom stereocenters. The van der Waals surface area contributed by atoms with E-state index in [1.54, 1.807) is 49.6 Å². The van der Waals surface area contributed by atoms with E-state index >= 15 is 0 Å². The van der Waals surface area contributed by atoms with Crippen LogP contribution in [-0.2, 0) is 21.7 Å². The maximum atomic E-state index is 12.9. The summed E-state index contributed by atoms with van der Waals surface area (Å²) in [4.78, 5) is 43.0. The predicted molar refractivity (Wildman–Crippen MR) is 109 cm³/mol. The lowest BCUT2D eigenvalue weighted by Gasteiger charge is -2.22. The largest absolute Gasteiger partial charge is 0.497 e. The van der Waals surface area contributed by atoms with Gasteiger partial charge in [-0.15, -0.1) is 11.3 Å². The van der Waals surface area contributed by atoms with Crippen molar-refractivity contribution in [1.29, 1.82) is 0 Å². The second-order valence-corrected chi connectivity index (χ2v) is 8.17. The Labute approximate surface area is 173 Å². The Hall–Kier alpha value is -2.94. The van der Waals surface area contributed by atoms with Crippen molar-refractivity contribution in [2.24, 2.45) is 0 Å². The number of hydrogen-bond donors (Lipinski definition) is 2. The highest BCUT2D eigenvalue weighted by atomic mass is 32.1. The lowest BCUT2D eigenvalue weighted by molar-refractivity contribution is -0.134. The first kappa shape index (κ1) is 20.8. The molecular weight excluding hydrogens is 392 g/mol. The zero-order valence-corrected chi connectivity index (χ0v) is 17.6. The number of nitrogens with one attached hydrogen (secondary N) is 2. The van der Waals surface area contributed by atoms with Crippen molar-refractivity contribution in [3.8, 4) is 5.75 Å². The molecule has 1 saturated heterocycles. The number of imide groups is 1. The van der Waals surface area contributed by atoms with Crippen LogP contribution in [0.4, 0.5) is 4.79 Å². The second kappa shape index (κ2) is 8.20. The number of ether oxygens (including phenoxy) is 1. The molecule has 2 N–H and O–H groups in total. The molecule has 2 heterocycles. The summed E-state index contributed by atoms with van der Waals surface area (Å²) in [5, 5.41) is 8.29. The van der Waals surface area contributed by atoms with Crippen LogP contribution >= 0.6 is 11.3 Å². The van der Waals surface area contributed by atoms with E-state index in [1.807, 2.05) is 5.38 Å². The Bertz CT molecular complexity index is 925. The van der Waals surface area contributed by atoms with Crippen molar-refractivity contribution in [1.82, 2.24) is 20.5 Å². The van der Waals surface area contributed by atoms with Gasteiger partial charge in [-0.25, -0.2) is 9.78 Å². The third kappa shape index (κ3) is 4.24. The predicted octanol–water partition coefficient (Wildman–Crippen LogP) is 2.36. The Kier molecular flexibility index (Phi) is 5.88. The van der Waals surface area contributed by atoms with Gasteiger partial charge < -0.3 is 15.4 Å². The van der Waals surface area contributed by atoms with Crippen LogP contribution < -0.4 is 15.4 Å². The van der Waals surface area contributed by atoms with Crippen LogP contribution in [0.1, 0.15) is 43.0 Å². The smallest absolute Gasteiger partial charge is 0.325 e. The van der Waals surface area contributed by atoms with Gasteiger partial charge in [-0.05, 0) is 24.6 Å². The SMILES string of the molecule is COc1ccc(C2(C)NC(=O)N(CC(=O)NCc3csc(C(C)C)n3)C2=O)cc1. The molecule has 3 rings (SSSR count). The number of amides is 4. The summed E-state index contributed by atoms with van der Waals surface area (Å²) in [6, 6.07) is 6.27. The molecular formula is C20H24N4O4S. The molecule has 29 heavy (non-hydrogen) atoms. The van der Waals surface area contributed by atoms with Crippen molar-refractivity contribution in [3.63, 3.8) is 0 Å². The van der Waals surface area contributed by atoms with E-state index in [0.29, 0.717) is 17.2 Å². The van der Waals surface area contributed by atoms with Crippen molar-refractivity contribution in [2.45, 2.75) is 38.8 Å². The Morgan fingerprint density at radius 3 is 2.59 bits per heavy atom. The van der Waals surface area contributed by atoms with Crippen LogP contribution in [0.5, 0.6) is 5.75 Å². The molecule has 1 aliphatic rings. The van der Waals surface area contributed by atoms with E-state index in [-0.39, 0.29) is 13.1 Å². The van der Waals surface area contributed by atoms with Gasteiger partial charge in [0.1, 0.15) is 17.8 Å². The van der Waals surface area contributed by atoms with Crippen LogP contribution in [0.25, 0.3) is 0 Å². The number of rotatable bonds is 7. The number of benzene rings is 1. The Morgan fingerprint density at radius 2 is 2.00 bits per heavy atom. The van der Waals surface area contributed by atoms with Gasteiger partial charge in [0.05, 0.1) is 24.4 Å². The summed E-state index contributed by atoms with van der Waals surface area (Å²) >= 11 is 1.54. The molecule has 0 radical (unpaired) electrons. The molecule has 154 valence electrons. The standard InChI is InChI=1S/C20H24N4O4S/c1-12(2)17-22-14(11-29-17)9-21-16(25)10-24-18(26)20(3,23-19(24)27)13-5-7-15(28-4)8-6-13/h5-8,11-12H,9-10H2,1-4H3,(H,21,25)(H,23,27).